The van der Waals surface area contributed by atoms with Crippen molar-refractivity contribution in [3.63, 3.8) is 0 Å². The molecule has 1 N–H and O–H groups in total. The lowest BCUT2D eigenvalue weighted by atomic mass is 10.2. The molecule has 1 unspecified atom stereocenters. The van der Waals surface area contributed by atoms with Crippen LogP contribution in [0, 0.1) is 5.92 Å². The molecule has 0 aromatic rings. The van der Waals surface area contributed by atoms with Crippen LogP contribution in [0.2, 0.25) is 0 Å². The highest BCUT2D eigenvalue weighted by Crippen LogP contribution is 2.17. The van der Waals surface area contributed by atoms with E-state index < -0.39 is 5.97 Å². The van der Waals surface area contributed by atoms with E-state index in [1.807, 2.05) is 13.8 Å². The number of hydrogen-bond donors (Lipinski definition) is 1. The van der Waals surface area contributed by atoms with Crippen LogP contribution in [0.15, 0.2) is 0 Å². The van der Waals surface area contributed by atoms with E-state index in [4.69, 9.17) is 5.11 Å². The molecule has 6 nitrogen and oxygen atoms in total. The lowest BCUT2D eigenvalue weighted by molar-refractivity contribution is -0.137. The number of rotatable bonds is 7. The number of likely N-dealkylation sites (tertiary alicyclic amines) is 1. The van der Waals surface area contributed by atoms with Gasteiger partial charge in [0.05, 0.1) is 0 Å². The lowest BCUT2D eigenvalue weighted by Gasteiger charge is -2.30. The fraction of sp³-hybridized carbons (Fsp3) is 0.867. The van der Waals surface area contributed by atoms with Gasteiger partial charge in [-0.05, 0) is 25.4 Å². The first-order valence-corrected chi connectivity index (χ1v) is 7.88. The van der Waals surface area contributed by atoms with Crippen molar-refractivity contribution in [2.75, 3.05) is 39.3 Å². The summed E-state index contributed by atoms with van der Waals surface area (Å²) in [4.78, 5) is 29.1. The van der Waals surface area contributed by atoms with Crippen molar-refractivity contribution in [3.8, 4) is 0 Å². The number of amides is 2. The Morgan fingerprint density at radius 2 is 1.90 bits per heavy atom. The van der Waals surface area contributed by atoms with Crippen LogP contribution in [-0.2, 0) is 4.79 Å². The van der Waals surface area contributed by atoms with Crippen molar-refractivity contribution >= 4 is 12.0 Å². The van der Waals surface area contributed by atoms with Crippen LogP contribution in [0.3, 0.4) is 0 Å². The van der Waals surface area contributed by atoms with Crippen LogP contribution in [0.5, 0.6) is 0 Å². The third-order valence-corrected chi connectivity index (χ3v) is 3.94. The van der Waals surface area contributed by atoms with Gasteiger partial charge in [0.2, 0.25) is 0 Å². The molecule has 1 aliphatic heterocycles. The van der Waals surface area contributed by atoms with Gasteiger partial charge in [0.1, 0.15) is 6.54 Å². The van der Waals surface area contributed by atoms with Crippen molar-refractivity contribution in [2.45, 2.75) is 40.2 Å². The number of nitrogens with zero attached hydrogens (tertiary/aromatic N) is 3. The van der Waals surface area contributed by atoms with Crippen LogP contribution in [0.1, 0.15) is 34.1 Å². The Labute approximate surface area is 127 Å². The van der Waals surface area contributed by atoms with E-state index in [-0.39, 0.29) is 18.5 Å². The standard InChI is InChI=1S/C15H29N3O3/c1-5-16(6-2)13-7-8-17(10-13)15(21)18(9-12(3)4)11-14(19)20/h12-13H,5-11H2,1-4H3,(H,19,20). The first-order valence-electron chi connectivity index (χ1n) is 7.88. The Balaban J connectivity index is 2.65. The average molecular weight is 299 g/mol. The van der Waals surface area contributed by atoms with Crippen molar-refractivity contribution in [3.05, 3.63) is 0 Å². The molecule has 1 aliphatic rings. The van der Waals surface area contributed by atoms with Crippen molar-refractivity contribution < 1.29 is 14.7 Å². The van der Waals surface area contributed by atoms with Crippen LogP contribution in [0.4, 0.5) is 4.79 Å². The monoisotopic (exact) mass is 299 g/mol. The summed E-state index contributed by atoms with van der Waals surface area (Å²) in [6, 6.07) is 0.260. The van der Waals surface area contributed by atoms with Gasteiger partial charge in [-0.2, -0.15) is 0 Å². The molecule has 0 bridgehead atoms. The van der Waals surface area contributed by atoms with Crippen LogP contribution < -0.4 is 0 Å². The Hall–Kier alpha value is -1.30. The van der Waals surface area contributed by atoms with E-state index in [0.717, 1.165) is 19.5 Å². The van der Waals surface area contributed by atoms with Crippen molar-refractivity contribution in [1.82, 2.24) is 14.7 Å². The number of carboxylic acid groups (broad SMARTS) is 1. The minimum absolute atomic E-state index is 0.138. The number of carbonyl (C=O) groups excluding carboxylic acids is 1. The highest BCUT2D eigenvalue weighted by atomic mass is 16.4. The zero-order valence-electron chi connectivity index (χ0n) is 13.7. The van der Waals surface area contributed by atoms with E-state index in [1.54, 1.807) is 4.90 Å². The first-order chi connectivity index (χ1) is 9.88. The van der Waals surface area contributed by atoms with Gasteiger partial charge < -0.3 is 14.9 Å². The van der Waals surface area contributed by atoms with E-state index in [0.29, 0.717) is 25.7 Å². The molecule has 0 aliphatic carbocycles. The second-order valence-electron chi connectivity index (χ2n) is 6.06. The number of carboxylic acids is 1. The van der Waals surface area contributed by atoms with Gasteiger partial charge in [0, 0.05) is 25.7 Å². The molecule has 0 saturated carbocycles. The second kappa shape index (κ2) is 8.22. The number of hydrogen-bond acceptors (Lipinski definition) is 3. The van der Waals surface area contributed by atoms with Crippen molar-refractivity contribution in [1.29, 1.82) is 0 Å². The van der Waals surface area contributed by atoms with Crippen LogP contribution in [0.25, 0.3) is 0 Å². The number of carbonyl (C=O) groups is 2. The molecule has 6 heteroatoms. The predicted molar refractivity (Wildman–Crippen MR) is 82.3 cm³/mol. The molecule has 2 amide bonds. The number of likely N-dealkylation sites (N-methyl/N-ethyl adjacent to an activating group) is 1. The number of urea groups is 1. The molecule has 1 rings (SSSR count). The molecule has 0 radical (unpaired) electrons. The maximum absolute atomic E-state index is 12.5. The van der Waals surface area contributed by atoms with Crippen LogP contribution >= 0.6 is 0 Å². The smallest absolute Gasteiger partial charge is 0.323 e. The van der Waals surface area contributed by atoms with Gasteiger partial charge in [0.15, 0.2) is 0 Å². The summed E-state index contributed by atoms with van der Waals surface area (Å²) in [5, 5.41) is 8.98. The topological polar surface area (TPSA) is 64.1 Å². The molecule has 1 saturated heterocycles. The predicted octanol–water partition coefficient (Wildman–Crippen LogP) is 1.57. The summed E-state index contributed by atoms with van der Waals surface area (Å²) in [6.07, 6.45) is 0.968. The third kappa shape index (κ3) is 5.19. The SMILES string of the molecule is CCN(CC)C1CCN(C(=O)N(CC(=O)O)CC(C)C)C1. The highest BCUT2D eigenvalue weighted by Gasteiger charge is 2.32. The van der Waals surface area contributed by atoms with E-state index in [9.17, 15) is 9.59 Å². The molecule has 0 spiro atoms. The third-order valence-electron chi connectivity index (χ3n) is 3.94. The Kier molecular flexibility index (Phi) is 6.95. The molecular formula is C15H29N3O3. The van der Waals surface area contributed by atoms with Gasteiger partial charge >= 0.3 is 12.0 Å². The zero-order chi connectivity index (χ0) is 16.0. The summed E-state index contributed by atoms with van der Waals surface area (Å²) in [5.74, 6) is -0.696. The van der Waals surface area contributed by atoms with Gasteiger partial charge in [-0.15, -0.1) is 0 Å². The maximum Gasteiger partial charge on any atom is 0.323 e. The van der Waals surface area contributed by atoms with Gasteiger partial charge in [-0.3, -0.25) is 9.69 Å². The number of aliphatic carboxylic acids is 1. The normalized spacial score (nSPS) is 18.6. The van der Waals surface area contributed by atoms with E-state index in [1.165, 1.54) is 4.90 Å². The average Bonchev–Trinajstić information content (AvgIpc) is 2.87. The Morgan fingerprint density at radius 3 is 2.38 bits per heavy atom. The summed E-state index contributed by atoms with van der Waals surface area (Å²) >= 11 is 0. The molecule has 122 valence electrons. The fourth-order valence-electron chi connectivity index (χ4n) is 2.97. The minimum atomic E-state index is -0.955. The molecular weight excluding hydrogens is 270 g/mol. The summed E-state index contributed by atoms with van der Waals surface area (Å²) in [5.41, 5.74) is 0. The quantitative estimate of drug-likeness (QED) is 0.775. The molecule has 0 aromatic heterocycles. The molecule has 0 aromatic carbocycles. The largest absolute Gasteiger partial charge is 0.480 e. The first kappa shape index (κ1) is 17.8. The van der Waals surface area contributed by atoms with Crippen molar-refractivity contribution in [2.24, 2.45) is 5.92 Å². The molecule has 1 fully saturated rings. The Bertz CT molecular complexity index is 356. The molecule has 1 atom stereocenters. The Morgan fingerprint density at radius 1 is 1.29 bits per heavy atom. The molecule has 21 heavy (non-hydrogen) atoms. The molecule has 1 heterocycles. The minimum Gasteiger partial charge on any atom is -0.480 e. The van der Waals surface area contributed by atoms with Gasteiger partial charge in [-0.25, -0.2) is 4.79 Å². The van der Waals surface area contributed by atoms with E-state index in [2.05, 4.69) is 18.7 Å². The summed E-state index contributed by atoms with van der Waals surface area (Å²) in [6.45, 7) is 11.9. The highest BCUT2D eigenvalue weighted by molar-refractivity contribution is 5.80. The fourth-order valence-corrected chi connectivity index (χ4v) is 2.97. The van der Waals surface area contributed by atoms with E-state index >= 15 is 0 Å². The second-order valence-corrected chi connectivity index (χ2v) is 6.06. The van der Waals surface area contributed by atoms with Crippen LogP contribution in [-0.4, -0.2) is 77.1 Å². The summed E-state index contributed by atoms with van der Waals surface area (Å²) in [7, 11) is 0. The zero-order valence-corrected chi connectivity index (χ0v) is 13.7. The van der Waals surface area contributed by atoms with Gasteiger partial charge in [0.25, 0.3) is 0 Å². The lowest BCUT2D eigenvalue weighted by Crippen LogP contribution is -2.47. The summed E-state index contributed by atoms with van der Waals surface area (Å²) < 4.78 is 0. The van der Waals surface area contributed by atoms with Gasteiger partial charge in [-0.1, -0.05) is 27.7 Å². The maximum atomic E-state index is 12.5.